The predicted octanol–water partition coefficient (Wildman–Crippen LogP) is -2.56. The Morgan fingerprint density at radius 1 is 0.600 bits per heavy atom. The van der Waals surface area contributed by atoms with Crippen molar-refractivity contribution < 1.29 is 91.7 Å². The van der Waals surface area contributed by atoms with E-state index < -0.39 is 96.9 Å². The number of nitrogens with zero attached hydrogens (tertiary/aromatic N) is 2. The Labute approximate surface area is 466 Å². The van der Waals surface area contributed by atoms with E-state index in [0.717, 1.165) is 0 Å². The fourth-order valence-corrected chi connectivity index (χ4v) is 8.07. The van der Waals surface area contributed by atoms with Crippen molar-refractivity contribution in [1.29, 1.82) is 0 Å². The predicted molar refractivity (Wildman–Crippen MR) is 286 cm³/mol. The first kappa shape index (κ1) is 70.0. The Balaban J connectivity index is 1.48. The van der Waals surface area contributed by atoms with Crippen molar-refractivity contribution >= 4 is 53.3 Å². The molecule has 1 fully saturated rings. The minimum Gasteiger partial charge on any atom is -0.481 e. The lowest BCUT2D eigenvalue weighted by atomic mass is 9.75. The van der Waals surface area contributed by atoms with Crippen LogP contribution in [0.2, 0.25) is 0 Å². The quantitative estimate of drug-likeness (QED) is 0.0182. The number of aliphatic carboxylic acids is 2. The SMILES string of the molecule is CC1(C)CC(C(=O)NCCOCCOCCOCCOCCOCCOCCOCCNC(=O)COCC(=O)N[C@@H](CCCN=C(N)N)C(=O)NCC(=O)N[C@@H](CC(=O)O)C(=O)N[C@@H](Cc2ccccc2)C(=O)O)CC(C)(C)N1O. The van der Waals surface area contributed by atoms with Gasteiger partial charge in [0, 0.05) is 43.1 Å². The molecule has 1 aromatic carbocycles. The number of nitrogens with one attached hydrogen (secondary N) is 6. The van der Waals surface area contributed by atoms with Gasteiger partial charge in [-0.2, -0.15) is 5.06 Å². The van der Waals surface area contributed by atoms with Gasteiger partial charge in [0.05, 0.1) is 105 Å². The second-order valence-corrected chi connectivity index (χ2v) is 19.6. The maximum absolute atomic E-state index is 13.1. The summed E-state index contributed by atoms with van der Waals surface area (Å²) in [7, 11) is 0. The Kier molecular flexibility index (Phi) is 35.1. The lowest BCUT2D eigenvalue weighted by Crippen LogP contribution is -2.60. The van der Waals surface area contributed by atoms with Gasteiger partial charge >= 0.3 is 11.9 Å². The highest BCUT2D eigenvalue weighted by molar-refractivity contribution is 5.95. The van der Waals surface area contributed by atoms with Crippen LogP contribution in [0.15, 0.2) is 35.3 Å². The molecule has 0 bridgehead atoms. The van der Waals surface area contributed by atoms with Crippen molar-refractivity contribution in [3.8, 4) is 0 Å². The van der Waals surface area contributed by atoms with E-state index in [4.69, 9.17) is 49.4 Å². The number of rotatable bonds is 45. The molecule has 454 valence electrons. The molecule has 80 heavy (non-hydrogen) atoms. The fourth-order valence-electron chi connectivity index (χ4n) is 8.07. The van der Waals surface area contributed by atoms with Crippen molar-refractivity contribution in [1.82, 2.24) is 37.0 Å². The molecule has 0 radical (unpaired) electrons. The van der Waals surface area contributed by atoms with Gasteiger partial charge in [0.1, 0.15) is 31.3 Å². The second kappa shape index (κ2) is 40.1. The number of hydrogen-bond acceptors (Lipinski definition) is 19. The molecule has 0 spiro atoms. The number of hydroxylamine groups is 2. The summed E-state index contributed by atoms with van der Waals surface area (Å²) in [5.41, 5.74) is 10.3. The zero-order valence-corrected chi connectivity index (χ0v) is 46.5. The molecule has 29 nitrogen and oxygen atoms in total. The third-order valence-electron chi connectivity index (χ3n) is 11.8. The lowest BCUT2D eigenvalue weighted by Gasteiger charge is -2.51. The summed E-state index contributed by atoms with van der Waals surface area (Å²) >= 11 is 0. The highest BCUT2D eigenvalue weighted by Gasteiger charge is 2.47. The number of guanidine groups is 1. The van der Waals surface area contributed by atoms with Crippen molar-refractivity contribution in [3.63, 3.8) is 0 Å². The zero-order chi connectivity index (χ0) is 59.2. The van der Waals surface area contributed by atoms with E-state index in [1.54, 1.807) is 30.3 Å². The van der Waals surface area contributed by atoms with Gasteiger partial charge in [-0.1, -0.05) is 30.3 Å². The van der Waals surface area contributed by atoms with E-state index in [-0.39, 0.29) is 63.4 Å². The molecule has 29 heteroatoms. The van der Waals surface area contributed by atoms with Crippen LogP contribution in [-0.4, -0.2) is 235 Å². The summed E-state index contributed by atoms with van der Waals surface area (Å²) in [6, 6.07) is 3.96. The first-order valence-corrected chi connectivity index (χ1v) is 26.5. The number of piperidine rings is 1. The number of carbonyl (C=O) groups excluding carboxylic acids is 6. The van der Waals surface area contributed by atoms with E-state index in [2.05, 4.69) is 36.9 Å². The van der Waals surface area contributed by atoms with E-state index in [0.29, 0.717) is 104 Å². The Morgan fingerprint density at radius 2 is 1.07 bits per heavy atom. The lowest BCUT2D eigenvalue weighted by molar-refractivity contribution is -0.249. The molecule has 0 aliphatic carbocycles. The number of benzene rings is 1. The molecule has 1 aliphatic rings. The molecular weight excluding hydrogens is 1060 g/mol. The molecule has 6 amide bonds. The van der Waals surface area contributed by atoms with Crippen LogP contribution >= 0.6 is 0 Å². The minimum absolute atomic E-state index is 0.0115. The highest BCUT2D eigenvalue weighted by atomic mass is 16.6. The van der Waals surface area contributed by atoms with Crippen LogP contribution < -0.4 is 43.4 Å². The maximum atomic E-state index is 13.1. The Morgan fingerprint density at radius 3 is 1.56 bits per heavy atom. The van der Waals surface area contributed by atoms with Crippen LogP contribution in [-0.2, 0) is 82.7 Å². The number of amides is 6. The third kappa shape index (κ3) is 32.2. The van der Waals surface area contributed by atoms with Crippen LogP contribution in [0.4, 0.5) is 0 Å². The van der Waals surface area contributed by atoms with E-state index in [9.17, 15) is 53.8 Å². The van der Waals surface area contributed by atoms with Crippen molar-refractivity contribution in [3.05, 3.63) is 35.9 Å². The number of hydrogen-bond donors (Lipinski definition) is 11. The van der Waals surface area contributed by atoms with E-state index in [1.165, 1.54) is 5.06 Å². The number of carbonyl (C=O) groups is 8. The molecular formula is C51H86N10O19. The molecule has 13 N–H and O–H groups in total. The fraction of sp³-hybridized carbons (Fsp3) is 0.706. The third-order valence-corrected chi connectivity index (χ3v) is 11.8. The summed E-state index contributed by atoms with van der Waals surface area (Å²) in [4.78, 5) is 104. The Bertz CT molecular complexity index is 2030. The van der Waals surface area contributed by atoms with Gasteiger partial charge in [-0.05, 0) is 58.9 Å². The van der Waals surface area contributed by atoms with E-state index in [1.807, 2.05) is 27.7 Å². The molecule has 1 aromatic rings. The second-order valence-electron chi connectivity index (χ2n) is 19.6. The molecule has 1 heterocycles. The van der Waals surface area contributed by atoms with Gasteiger partial charge in [0.2, 0.25) is 35.4 Å². The maximum Gasteiger partial charge on any atom is 0.326 e. The molecule has 1 aliphatic heterocycles. The van der Waals surface area contributed by atoms with Crippen LogP contribution in [0.25, 0.3) is 0 Å². The minimum atomic E-state index is -1.70. The molecule has 2 rings (SSSR count). The smallest absolute Gasteiger partial charge is 0.326 e. The topological polar surface area (TPSA) is 411 Å². The first-order valence-electron chi connectivity index (χ1n) is 26.5. The molecule has 0 saturated carbocycles. The van der Waals surface area contributed by atoms with Crippen molar-refractivity contribution in [2.24, 2.45) is 22.4 Å². The van der Waals surface area contributed by atoms with Gasteiger partial charge in [-0.3, -0.25) is 38.6 Å². The number of aliphatic imine (C=N–C) groups is 1. The monoisotopic (exact) mass is 1140 g/mol. The number of carboxylic acids is 2. The van der Waals surface area contributed by atoms with Gasteiger partial charge in [-0.25, -0.2) is 4.79 Å². The standard InChI is InChI=1S/C51H86N10O19/c1-50(2)31-37(32-51(3,4)61(50)72)45(67)55-14-16-74-18-20-76-22-24-78-26-28-79-27-25-77-23-21-75-19-17-73-15-13-54-42(63)34-80-35-43(64)58-38(11-8-12-56-49(52)53)46(68)57-33-41(62)59-39(30-44(65)66)47(69)60-40(48(70)71)29-36-9-6-5-7-10-36/h5-7,9-10,37-40,72H,8,11-35H2,1-4H3,(H,54,63)(H,55,67)(H,57,68)(H,58,64)(H,59,62)(H,60,69)(H,65,66)(H,70,71)(H4,52,53,56)/t38-,39-,40-/m0/s1. The summed E-state index contributed by atoms with van der Waals surface area (Å²) < 4.78 is 43.6. The van der Waals surface area contributed by atoms with Crippen molar-refractivity contribution in [2.45, 2.75) is 95.4 Å². The number of carboxylic acid groups (broad SMARTS) is 2. The molecule has 0 aromatic heterocycles. The van der Waals surface area contributed by atoms with E-state index >= 15 is 0 Å². The van der Waals surface area contributed by atoms with Crippen LogP contribution in [0.1, 0.15) is 65.4 Å². The summed E-state index contributed by atoms with van der Waals surface area (Å²) in [6.45, 7) is 11.5. The first-order chi connectivity index (χ1) is 38.1. The zero-order valence-electron chi connectivity index (χ0n) is 46.5. The average molecular weight is 1140 g/mol. The number of ether oxygens (including phenoxy) is 8. The van der Waals surface area contributed by atoms with Crippen LogP contribution in [0.5, 0.6) is 0 Å². The van der Waals surface area contributed by atoms with Gasteiger partial charge in [0.25, 0.3) is 0 Å². The molecule has 0 unspecified atom stereocenters. The highest BCUT2D eigenvalue weighted by Crippen LogP contribution is 2.39. The largest absolute Gasteiger partial charge is 0.481 e. The van der Waals surface area contributed by atoms with Gasteiger partial charge in [0.15, 0.2) is 5.96 Å². The van der Waals surface area contributed by atoms with Crippen LogP contribution in [0, 0.1) is 5.92 Å². The molecule has 1 saturated heterocycles. The normalized spacial score (nSPS) is 15.1. The number of nitrogens with two attached hydrogens (primary N) is 2. The van der Waals surface area contributed by atoms with Crippen LogP contribution in [0.3, 0.4) is 0 Å². The summed E-state index contributed by atoms with van der Waals surface area (Å²) in [5.74, 6) is -7.50. The van der Waals surface area contributed by atoms with Crippen molar-refractivity contribution in [2.75, 3.05) is 132 Å². The van der Waals surface area contributed by atoms with Gasteiger partial charge < -0.3 is 96.7 Å². The summed E-state index contributed by atoms with van der Waals surface area (Å²) in [5, 5.41) is 45.5. The average Bonchev–Trinajstić information content (AvgIpc) is 3.56. The summed E-state index contributed by atoms with van der Waals surface area (Å²) in [6.07, 6.45) is 0.313. The molecule has 3 atom stereocenters. The Hall–Kier alpha value is -6.15. The van der Waals surface area contributed by atoms with Gasteiger partial charge in [-0.15, -0.1) is 0 Å².